The Labute approximate surface area is 102 Å². The number of alkyl halides is 2. The smallest absolute Gasteiger partial charge is 0.290 e. The Balaban J connectivity index is 2.11. The van der Waals surface area contributed by atoms with E-state index in [-0.39, 0.29) is 11.4 Å². The van der Waals surface area contributed by atoms with Crippen LogP contribution in [-0.4, -0.2) is 16.5 Å². The van der Waals surface area contributed by atoms with Crippen LogP contribution < -0.4 is 10.9 Å². The standard InChI is InChI=1S/C12H11F2N3O/c13-12(14,9-4-2-1-3-5-9)8-17-10-11(18)16-7-6-15-10/h1-7H,8H2,(H,15,17)(H,16,18). The molecule has 0 aliphatic rings. The average Bonchev–Trinajstić information content (AvgIpc) is 2.39. The van der Waals surface area contributed by atoms with Gasteiger partial charge in [-0.25, -0.2) is 4.98 Å². The SMILES string of the molecule is O=c1[nH]ccnc1NCC(F)(F)c1ccccc1. The summed E-state index contributed by atoms with van der Waals surface area (Å²) in [6, 6.07) is 7.42. The third-order valence-corrected chi connectivity index (χ3v) is 2.38. The molecule has 0 aliphatic heterocycles. The van der Waals surface area contributed by atoms with Crippen molar-refractivity contribution in [2.24, 2.45) is 0 Å². The van der Waals surface area contributed by atoms with E-state index in [4.69, 9.17) is 0 Å². The first-order valence-electron chi connectivity index (χ1n) is 5.30. The number of nitrogens with zero attached hydrogens (tertiary/aromatic N) is 1. The Morgan fingerprint density at radius 1 is 1.28 bits per heavy atom. The molecule has 1 aromatic carbocycles. The fraction of sp³-hybridized carbons (Fsp3) is 0.167. The minimum absolute atomic E-state index is 0.107. The monoisotopic (exact) mass is 251 g/mol. The highest BCUT2D eigenvalue weighted by Gasteiger charge is 2.31. The molecular weight excluding hydrogens is 240 g/mol. The maximum Gasteiger partial charge on any atom is 0.290 e. The van der Waals surface area contributed by atoms with E-state index in [0.29, 0.717) is 0 Å². The molecule has 0 atom stereocenters. The van der Waals surface area contributed by atoms with E-state index in [1.165, 1.54) is 36.7 Å². The summed E-state index contributed by atoms with van der Waals surface area (Å²) in [5, 5.41) is 2.35. The van der Waals surface area contributed by atoms with Gasteiger partial charge in [0.05, 0.1) is 6.54 Å². The van der Waals surface area contributed by atoms with Gasteiger partial charge in [0.25, 0.3) is 11.5 Å². The molecule has 2 aromatic rings. The molecule has 4 nitrogen and oxygen atoms in total. The van der Waals surface area contributed by atoms with Crippen LogP contribution in [0.1, 0.15) is 5.56 Å². The van der Waals surface area contributed by atoms with Crippen LogP contribution in [0, 0.1) is 0 Å². The van der Waals surface area contributed by atoms with Gasteiger partial charge in [-0.2, -0.15) is 8.78 Å². The highest BCUT2D eigenvalue weighted by atomic mass is 19.3. The van der Waals surface area contributed by atoms with Gasteiger partial charge in [0, 0.05) is 18.0 Å². The van der Waals surface area contributed by atoms with Gasteiger partial charge in [0.2, 0.25) is 0 Å². The van der Waals surface area contributed by atoms with Crippen molar-refractivity contribution >= 4 is 5.82 Å². The molecule has 2 N–H and O–H groups in total. The molecular formula is C12H11F2N3O. The predicted octanol–water partition coefficient (Wildman–Crippen LogP) is 1.97. The maximum atomic E-state index is 13.8. The molecule has 2 rings (SSSR count). The number of aromatic nitrogens is 2. The lowest BCUT2D eigenvalue weighted by Gasteiger charge is -2.17. The summed E-state index contributed by atoms with van der Waals surface area (Å²) in [5.74, 6) is -3.18. The number of aromatic amines is 1. The Bertz CT molecular complexity index is 569. The van der Waals surface area contributed by atoms with Crippen molar-refractivity contribution in [2.45, 2.75) is 5.92 Å². The molecule has 18 heavy (non-hydrogen) atoms. The molecule has 0 saturated carbocycles. The molecule has 0 unspecified atom stereocenters. The first kappa shape index (κ1) is 12.2. The topological polar surface area (TPSA) is 57.8 Å². The zero-order valence-corrected chi connectivity index (χ0v) is 9.36. The number of anilines is 1. The fourth-order valence-electron chi connectivity index (χ4n) is 1.46. The van der Waals surface area contributed by atoms with Crippen molar-refractivity contribution < 1.29 is 8.78 Å². The molecule has 94 valence electrons. The number of halogens is 2. The molecule has 1 aromatic heterocycles. The summed E-state index contributed by atoms with van der Waals surface area (Å²) >= 11 is 0. The largest absolute Gasteiger partial charge is 0.359 e. The zero-order chi connectivity index (χ0) is 13.0. The minimum atomic E-state index is -3.06. The van der Waals surface area contributed by atoms with Crippen molar-refractivity contribution in [2.75, 3.05) is 11.9 Å². The quantitative estimate of drug-likeness (QED) is 0.873. The van der Waals surface area contributed by atoms with Gasteiger partial charge in [0.1, 0.15) is 0 Å². The Kier molecular flexibility index (Phi) is 3.36. The van der Waals surface area contributed by atoms with Crippen LogP contribution in [0.5, 0.6) is 0 Å². The summed E-state index contributed by atoms with van der Waals surface area (Å²) in [6.45, 7) is -0.683. The normalized spacial score (nSPS) is 11.2. The fourth-order valence-corrected chi connectivity index (χ4v) is 1.46. The van der Waals surface area contributed by atoms with Gasteiger partial charge in [0.15, 0.2) is 5.82 Å². The highest BCUT2D eigenvalue weighted by molar-refractivity contribution is 5.32. The van der Waals surface area contributed by atoms with Crippen LogP contribution in [0.3, 0.4) is 0 Å². The van der Waals surface area contributed by atoms with E-state index in [1.54, 1.807) is 6.07 Å². The molecule has 0 bridgehead atoms. The van der Waals surface area contributed by atoms with Crippen LogP contribution in [0.25, 0.3) is 0 Å². The molecule has 1 heterocycles. The van der Waals surface area contributed by atoms with E-state index < -0.39 is 18.0 Å². The second-order valence-electron chi connectivity index (χ2n) is 3.69. The average molecular weight is 251 g/mol. The van der Waals surface area contributed by atoms with Gasteiger partial charge in [-0.3, -0.25) is 4.79 Å². The highest BCUT2D eigenvalue weighted by Crippen LogP contribution is 2.27. The number of nitrogens with one attached hydrogen (secondary N) is 2. The molecule has 0 fully saturated rings. The maximum absolute atomic E-state index is 13.8. The van der Waals surface area contributed by atoms with Gasteiger partial charge in [-0.05, 0) is 0 Å². The second kappa shape index (κ2) is 4.95. The molecule has 0 radical (unpaired) electrons. The first-order valence-corrected chi connectivity index (χ1v) is 5.30. The number of hydrogen-bond acceptors (Lipinski definition) is 3. The van der Waals surface area contributed by atoms with Crippen LogP contribution in [0.15, 0.2) is 47.5 Å². The zero-order valence-electron chi connectivity index (χ0n) is 9.36. The number of rotatable bonds is 4. The van der Waals surface area contributed by atoms with Crippen LogP contribution in [-0.2, 0) is 5.92 Å². The Morgan fingerprint density at radius 3 is 2.67 bits per heavy atom. The van der Waals surface area contributed by atoms with E-state index in [1.807, 2.05) is 0 Å². The minimum Gasteiger partial charge on any atom is -0.359 e. The summed E-state index contributed by atoms with van der Waals surface area (Å²) in [5.41, 5.74) is -0.633. The molecule has 0 aliphatic carbocycles. The van der Waals surface area contributed by atoms with Crippen LogP contribution in [0.2, 0.25) is 0 Å². The van der Waals surface area contributed by atoms with Gasteiger partial charge >= 0.3 is 0 Å². The lowest BCUT2D eigenvalue weighted by atomic mass is 10.1. The number of benzene rings is 1. The lowest BCUT2D eigenvalue weighted by molar-refractivity contribution is 0.0105. The van der Waals surface area contributed by atoms with Crippen molar-refractivity contribution in [3.8, 4) is 0 Å². The number of hydrogen-bond donors (Lipinski definition) is 2. The molecule has 0 amide bonds. The van der Waals surface area contributed by atoms with Gasteiger partial charge in [-0.1, -0.05) is 30.3 Å². The number of H-pyrrole nitrogens is 1. The van der Waals surface area contributed by atoms with Gasteiger partial charge in [-0.15, -0.1) is 0 Å². The molecule has 0 saturated heterocycles. The first-order chi connectivity index (χ1) is 8.59. The lowest BCUT2D eigenvalue weighted by Crippen LogP contribution is -2.27. The van der Waals surface area contributed by atoms with E-state index >= 15 is 0 Å². The summed E-state index contributed by atoms with van der Waals surface area (Å²) < 4.78 is 27.5. The molecule has 0 spiro atoms. The summed E-state index contributed by atoms with van der Waals surface area (Å²) in [6.07, 6.45) is 2.66. The van der Waals surface area contributed by atoms with Crippen molar-refractivity contribution in [1.82, 2.24) is 9.97 Å². The van der Waals surface area contributed by atoms with Crippen molar-refractivity contribution in [3.05, 3.63) is 58.6 Å². The second-order valence-corrected chi connectivity index (χ2v) is 3.69. The summed E-state index contributed by atoms with van der Waals surface area (Å²) in [7, 11) is 0. The van der Waals surface area contributed by atoms with E-state index in [9.17, 15) is 13.6 Å². The van der Waals surface area contributed by atoms with E-state index in [0.717, 1.165) is 0 Å². The third-order valence-electron chi connectivity index (χ3n) is 2.38. The Morgan fingerprint density at radius 2 is 2.00 bits per heavy atom. The predicted molar refractivity (Wildman–Crippen MR) is 63.7 cm³/mol. The van der Waals surface area contributed by atoms with Crippen LogP contribution in [0.4, 0.5) is 14.6 Å². The molecule has 6 heteroatoms. The van der Waals surface area contributed by atoms with Crippen LogP contribution >= 0.6 is 0 Å². The van der Waals surface area contributed by atoms with Crippen molar-refractivity contribution in [3.63, 3.8) is 0 Å². The summed E-state index contributed by atoms with van der Waals surface area (Å²) in [4.78, 5) is 17.3. The van der Waals surface area contributed by atoms with Crippen molar-refractivity contribution in [1.29, 1.82) is 0 Å². The third kappa shape index (κ3) is 2.71. The Hall–Kier alpha value is -2.24. The van der Waals surface area contributed by atoms with Gasteiger partial charge < -0.3 is 10.3 Å². The van der Waals surface area contributed by atoms with E-state index in [2.05, 4.69) is 15.3 Å².